The summed E-state index contributed by atoms with van der Waals surface area (Å²) < 4.78 is 13.6. The summed E-state index contributed by atoms with van der Waals surface area (Å²) in [5, 5.41) is 12.6. The fourth-order valence-electron chi connectivity index (χ4n) is 4.63. The molecule has 2 fully saturated rings. The van der Waals surface area contributed by atoms with Gasteiger partial charge in [-0.15, -0.1) is 0 Å². The fraction of sp³-hybridized carbons (Fsp3) is 0.458. The Morgan fingerprint density at radius 1 is 1.04 bits per heavy atom. The first-order valence-corrected chi connectivity index (χ1v) is 10.1. The van der Waals surface area contributed by atoms with Crippen molar-refractivity contribution in [1.29, 1.82) is 0 Å². The van der Waals surface area contributed by atoms with E-state index < -0.39 is 0 Å². The van der Waals surface area contributed by atoms with Crippen molar-refractivity contribution in [2.75, 3.05) is 0 Å². The second kappa shape index (κ2) is 8.06. The Labute approximate surface area is 167 Å². The Morgan fingerprint density at radius 3 is 2.36 bits per heavy atom. The molecule has 1 saturated carbocycles. The molecule has 1 aliphatic heterocycles. The highest BCUT2D eigenvalue weighted by atomic mass is 16.6. The summed E-state index contributed by atoms with van der Waals surface area (Å²) in [5.74, 6) is 0.338. The topological polar surface area (TPSA) is 44.5 Å². The second-order valence-corrected chi connectivity index (χ2v) is 8.85. The van der Waals surface area contributed by atoms with E-state index in [4.69, 9.17) is 9.47 Å². The molecule has 4 nitrogen and oxygen atoms in total. The van der Waals surface area contributed by atoms with Gasteiger partial charge in [0.1, 0.15) is 0 Å². The Bertz CT molecular complexity index is 803. The van der Waals surface area contributed by atoms with Crippen molar-refractivity contribution in [2.24, 2.45) is 11.3 Å². The molecule has 1 aliphatic carbocycles. The fourth-order valence-corrected chi connectivity index (χ4v) is 4.63. The van der Waals surface area contributed by atoms with Gasteiger partial charge in [0, 0.05) is 11.5 Å². The van der Waals surface area contributed by atoms with Crippen LogP contribution in [0.5, 0.6) is 0 Å². The highest BCUT2D eigenvalue weighted by Crippen LogP contribution is 2.49. The van der Waals surface area contributed by atoms with Crippen LogP contribution in [0.4, 0.5) is 0 Å². The molecular formula is C24H29NO3. The minimum atomic E-state index is -0.295. The Balaban J connectivity index is 1.49. The molecule has 0 unspecified atom stereocenters. The largest absolute Gasteiger partial charge is 0.624 e. The van der Waals surface area contributed by atoms with Crippen LogP contribution in [0.3, 0.4) is 0 Å². The normalized spacial score (nSPS) is 29.0. The van der Waals surface area contributed by atoms with Crippen molar-refractivity contribution in [3.05, 3.63) is 77.0 Å². The molecule has 0 aromatic heterocycles. The van der Waals surface area contributed by atoms with Gasteiger partial charge in [0.15, 0.2) is 18.9 Å². The van der Waals surface area contributed by atoms with E-state index in [1.54, 1.807) is 6.21 Å². The van der Waals surface area contributed by atoms with E-state index in [1.165, 1.54) is 0 Å². The zero-order chi connectivity index (χ0) is 19.6. The summed E-state index contributed by atoms with van der Waals surface area (Å²) in [4.78, 5) is 0. The smallest absolute Gasteiger partial charge is 0.182 e. The highest BCUT2D eigenvalue weighted by molar-refractivity contribution is 5.60. The van der Waals surface area contributed by atoms with Gasteiger partial charge in [0.2, 0.25) is 0 Å². The van der Waals surface area contributed by atoms with Crippen molar-refractivity contribution in [2.45, 2.75) is 58.2 Å². The predicted molar refractivity (Wildman–Crippen MR) is 110 cm³/mol. The predicted octanol–water partition coefficient (Wildman–Crippen LogP) is 4.56. The minimum Gasteiger partial charge on any atom is -0.624 e. The van der Waals surface area contributed by atoms with Crippen LogP contribution in [0.25, 0.3) is 0 Å². The van der Waals surface area contributed by atoms with Crippen molar-refractivity contribution in [1.82, 2.24) is 0 Å². The van der Waals surface area contributed by atoms with E-state index in [0.717, 1.165) is 28.7 Å². The Morgan fingerprint density at radius 2 is 1.68 bits per heavy atom. The maximum atomic E-state index is 12.6. The zero-order valence-corrected chi connectivity index (χ0v) is 16.7. The number of rotatable bonds is 6. The van der Waals surface area contributed by atoms with E-state index in [-0.39, 0.29) is 23.7 Å². The van der Waals surface area contributed by atoms with Crippen LogP contribution in [-0.4, -0.2) is 29.3 Å². The minimum absolute atomic E-state index is 0.0841. The van der Waals surface area contributed by atoms with Crippen LogP contribution in [0, 0.1) is 16.5 Å². The molecule has 0 N–H and O–H groups in total. The summed E-state index contributed by atoms with van der Waals surface area (Å²) in [7, 11) is 0. The monoisotopic (exact) mass is 379 g/mol. The first kappa shape index (κ1) is 19.2. The highest BCUT2D eigenvalue weighted by Gasteiger charge is 2.53. The van der Waals surface area contributed by atoms with E-state index in [0.29, 0.717) is 19.1 Å². The number of nitrogens with zero attached hydrogens (tertiary/aromatic N) is 1. The van der Waals surface area contributed by atoms with Gasteiger partial charge in [-0.05, 0) is 23.8 Å². The van der Waals surface area contributed by atoms with Crippen LogP contribution in [0.2, 0.25) is 0 Å². The van der Waals surface area contributed by atoms with Crippen LogP contribution in [-0.2, 0) is 22.6 Å². The summed E-state index contributed by atoms with van der Waals surface area (Å²) in [6.45, 7) is 5.45. The maximum Gasteiger partial charge on any atom is 0.182 e. The van der Waals surface area contributed by atoms with Gasteiger partial charge in [-0.1, -0.05) is 74.5 Å². The number of fused-ring (bicyclic) bond motifs is 1. The maximum absolute atomic E-state index is 12.6. The molecule has 0 bridgehead atoms. The van der Waals surface area contributed by atoms with Gasteiger partial charge in [-0.2, -0.15) is 0 Å². The first-order valence-electron chi connectivity index (χ1n) is 10.1. The SMILES string of the molecule is CC1(C)C[C@@H]2[C@@H](OCc3ccccc3)[C@@H](/C=[N+](\[O-])Cc3ccccc3)O[C@@H]2C1. The van der Waals surface area contributed by atoms with Crippen LogP contribution < -0.4 is 0 Å². The molecule has 2 aromatic rings. The molecule has 4 atom stereocenters. The molecule has 148 valence electrons. The van der Waals surface area contributed by atoms with Gasteiger partial charge in [-0.3, -0.25) is 0 Å². The molecule has 28 heavy (non-hydrogen) atoms. The molecule has 0 spiro atoms. The van der Waals surface area contributed by atoms with Crippen LogP contribution in [0.15, 0.2) is 60.7 Å². The molecule has 1 saturated heterocycles. The van der Waals surface area contributed by atoms with Gasteiger partial charge in [0.25, 0.3) is 0 Å². The number of hydroxylamine groups is 1. The van der Waals surface area contributed by atoms with Crippen LogP contribution in [0.1, 0.15) is 37.8 Å². The zero-order valence-electron chi connectivity index (χ0n) is 16.7. The number of hydrogen-bond donors (Lipinski definition) is 0. The number of benzene rings is 2. The molecule has 0 radical (unpaired) electrons. The summed E-state index contributed by atoms with van der Waals surface area (Å²) in [5.41, 5.74) is 2.40. The average molecular weight is 380 g/mol. The van der Waals surface area contributed by atoms with E-state index in [9.17, 15) is 5.21 Å². The summed E-state index contributed by atoms with van der Waals surface area (Å²) >= 11 is 0. The van der Waals surface area contributed by atoms with E-state index in [2.05, 4.69) is 26.0 Å². The quantitative estimate of drug-likeness (QED) is 0.320. The van der Waals surface area contributed by atoms with E-state index >= 15 is 0 Å². The molecule has 2 aliphatic rings. The van der Waals surface area contributed by atoms with E-state index in [1.807, 2.05) is 48.5 Å². The number of ether oxygens (including phenoxy) is 2. The third-order valence-electron chi connectivity index (χ3n) is 5.88. The van der Waals surface area contributed by atoms with Crippen molar-refractivity contribution >= 4 is 6.21 Å². The van der Waals surface area contributed by atoms with Crippen molar-refractivity contribution in [3.8, 4) is 0 Å². The first-order chi connectivity index (χ1) is 13.5. The molecule has 4 heteroatoms. The lowest BCUT2D eigenvalue weighted by Crippen LogP contribution is -2.33. The number of hydrogen-bond acceptors (Lipinski definition) is 3. The molecule has 1 heterocycles. The van der Waals surface area contributed by atoms with Crippen LogP contribution >= 0.6 is 0 Å². The molecular weight excluding hydrogens is 350 g/mol. The van der Waals surface area contributed by atoms with Gasteiger partial charge < -0.3 is 14.7 Å². The third kappa shape index (κ3) is 4.45. The van der Waals surface area contributed by atoms with Crippen molar-refractivity contribution < 1.29 is 14.2 Å². The lowest BCUT2D eigenvalue weighted by atomic mass is 9.88. The summed E-state index contributed by atoms with van der Waals surface area (Å²) in [6, 6.07) is 20.0. The summed E-state index contributed by atoms with van der Waals surface area (Å²) in [6.07, 6.45) is 3.55. The lowest BCUT2D eigenvalue weighted by Gasteiger charge is -2.24. The molecule has 2 aromatic carbocycles. The van der Waals surface area contributed by atoms with Gasteiger partial charge in [-0.25, -0.2) is 4.74 Å². The second-order valence-electron chi connectivity index (χ2n) is 8.85. The third-order valence-corrected chi connectivity index (χ3v) is 5.88. The average Bonchev–Trinajstić information content (AvgIpc) is 3.12. The standard InChI is InChI=1S/C24H29NO3/c1-24(2)13-20-21(14-24)28-22(16-25(26)15-18-9-5-3-6-10-18)23(20)27-17-19-11-7-4-8-12-19/h3-12,16,20-23H,13-15,17H2,1-2H3/b25-16-/t20-,21+,22+,23+/m0/s1. The Kier molecular flexibility index (Phi) is 5.51. The van der Waals surface area contributed by atoms with Gasteiger partial charge >= 0.3 is 0 Å². The lowest BCUT2D eigenvalue weighted by molar-refractivity contribution is -0.473. The molecule has 0 amide bonds. The van der Waals surface area contributed by atoms with Gasteiger partial charge in [0.05, 0.1) is 18.8 Å². The van der Waals surface area contributed by atoms with Crippen molar-refractivity contribution in [3.63, 3.8) is 0 Å². The molecule has 4 rings (SSSR count). The Hall–Kier alpha value is -2.17.